The van der Waals surface area contributed by atoms with Gasteiger partial charge in [0.25, 0.3) is 0 Å². The minimum absolute atomic E-state index is 0.00383. The predicted octanol–water partition coefficient (Wildman–Crippen LogP) is 3.29. The molecule has 3 rings (SSSR count). The Morgan fingerprint density at radius 3 is 2.58 bits per heavy atom. The molecule has 1 aromatic rings. The van der Waals surface area contributed by atoms with Crippen LogP contribution < -0.4 is 4.74 Å². The van der Waals surface area contributed by atoms with Crippen molar-refractivity contribution in [2.24, 2.45) is 0 Å². The first-order valence-corrected chi connectivity index (χ1v) is 9.15. The molecule has 0 bridgehead atoms. The number of amides is 2. The number of rotatable bonds is 2. The van der Waals surface area contributed by atoms with E-state index in [-0.39, 0.29) is 24.1 Å². The van der Waals surface area contributed by atoms with Gasteiger partial charge in [-0.1, -0.05) is 6.07 Å². The van der Waals surface area contributed by atoms with Gasteiger partial charge >= 0.3 is 6.09 Å². The Bertz CT molecular complexity index is 710. The maximum Gasteiger partial charge on any atom is 0.410 e. The number of hydrogen-bond donors (Lipinski definition) is 0. The van der Waals surface area contributed by atoms with Crippen molar-refractivity contribution in [2.75, 3.05) is 20.2 Å². The second kappa shape index (κ2) is 6.82. The smallest absolute Gasteiger partial charge is 0.410 e. The van der Waals surface area contributed by atoms with Crippen LogP contribution in [0.5, 0.6) is 5.75 Å². The molecule has 2 amide bonds. The molecule has 6 heteroatoms. The zero-order valence-electron chi connectivity index (χ0n) is 16.2. The van der Waals surface area contributed by atoms with Crippen LogP contribution in [-0.4, -0.2) is 53.6 Å². The molecule has 0 aliphatic carbocycles. The molecule has 2 fully saturated rings. The summed E-state index contributed by atoms with van der Waals surface area (Å²) in [6.45, 7) is 8.66. The van der Waals surface area contributed by atoms with E-state index in [0.717, 1.165) is 23.3 Å². The lowest BCUT2D eigenvalue weighted by molar-refractivity contribution is -0.132. The number of carbonyl (C=O) groups excluding carboxylic acids is 2. The van der Waals surface area contributed by atoms with Crippen molar-refractivity contribution in [3.05, 3.63) is 29.3 Å². The molecular weight excluding hydrogens is 332 g/mol. The van der Waals surface area contributed by atoms with Gasteiger partial charge in [-0.05, 0) is 57.4 Å². The van der Waals surface area contributed by atoms with Crippen molar-refractivity contribution in [1.29, 1.82) is 0 Å². The number of methoxy groups -OCH3 is 1. The summed E-state index contributed by atoms with van der Waals surface area (Å²) in [4.78, 5) is 28.8. The van der Waals surface area contributed by atoms with E-state index >= 15 is 0 Å². The minimum atomic E-state index is -0.556. The summed E-state index contributed by atoms with van der Waals surface area (Å²) in [6.07, 6.45) is 0.976. The lowest BCUT2D eigenvalue weighted by Crippen LogP contribution is -2.56. The Labute approximate surface area is 155 Å². The number of ether oxygens (including phenoxy) is 2. The molecule has 2 heterocycles. The summed E-state index contributed by atoms with van der Waals surface area (Å²) in [5.41, 5.74) is 1.53. The van der Waals surface area contributed by atoms with Crippen LogP contribution in [0.15, 0.2) is 18.2 Å². The van der Waals surface area contributed by atoms with Crippen molar-refractivity contribution in [1.82, 2.24) is 9.80 Å². The van der Waals surface area contributed by atoms with Crippen LogP contribution in [0.3, 0.4) is 0 Å². The van der Waals surface area contributed by atoms with E-state index in [4.69, 9.17) is 9.47 Å². The number of benzene rings is 1. The highest BCUT2D eigenvalue weighted by Gasteiger charge is 2.46. The van der Waals surface area contributed by atoms with Crippen LogP contribution in [0.4, 0.5) is 4.79 Å². The first kappa shape index (κ1) is 18.5. The molecule has 2 atom stereocenters. The zero-order chi connectivity index (χ0) is 19.1. The third kappa shape index (κ3) is 3.50. The van der Waals surface area contributed by atoms with Crippen molar-refractivity contribution < 1.29 is 19.1 Å². The zero-order valence-corrected chi connectivity index (χ0v) is 16.2. The van der Waals surface area contributed by atoms with Gasteiger partial charge < -0.3 is 14.4 Å². The molecule has 0 N–H and O–H groups in total. The van der Waals surface area contributed by atoms with Gasteiger partial charge in [0.05, 0.1) is 19.2 Å². The maximum atomic E-state index is 12.9. The van der Waals surface area contributed by atoms with Gasteiger partial charge in [0.1, 0.15) is 11.4 Å². The molecule has 0 saturated carbocycles. The second-order valence-corrected chi connectivity index (χ2v) is 8.03. The van der Waals surface area contributed by atoms with Gasteiger partial charge in [0.15, 0.2) is 0 Å². The van der Waals surface area contributed by atoms with Crippen LogP contribution in [0.25, 0.3) is 0 Å². The average Bonchev–Trinajstić information content (AvgIpc) is 2.94. The molecule has 0 unspecified atom stereocenters. The molecule has 0 radical (unpaired) electrons. The Kier molecular flexibility index (Phi) is 4.86. The summed E-state index contributed by atoms with van der Waals surface area (Å²) in [5.74, 6) is 0.959. The summed E-state index contributed by atoms with van der Waals surface area (Å²) in [7, 11) is 1.64. The number of fused-ring (bicyclic) bond motifs is 1. The number of nitrogens with zero attached hydrogens (tertiary/aromatic N) is 2. The predicted molar refractivity (Wildman–Crippen MR) is 98.1 cm³/mol. The fourth-order valence-corrected chi connectivity index (χ4v) is 3.94. The van der Waals surface area contributed by atoms with E-state index in [1.54, 1.807) is 12.0 Å². The fourth-order valence-electron chi connectivity index (χ4n) is 3.94. The highest BCUT2D eigenvalue weighted by molar-refractivity contribution is 5.80. The summed E-state index contributed by atoms with van der Waals surface area (Å²) in [5, 5.41) is 0. The van der Waals surface area contributed by atoms with E-state index in [1.165, 1.54) is 0 Å². The first-order chi connectivity index (χ1) is 12.2. The monoisotopic (exact) mass is 360 g/mol. The Balaban J connectivity index is 1.98. The fraction of sp³-hybridized carbons (Fsp3) is 0.600. The molecule has 26 heavy (non-hydrogen) atoms. The molecule has 2 saturated heterocycles. The van der Waals surface area contributed by atoms with Crippen LogP contribution in [0.1, 0.15) is 50.8 Å². The van der Waals surface area contributed by atoms with Crippen molar-refractivity contribution >= 4 is 12.0 Å². The van der Waals surface area contributed by atoms with Crippen LogP contribution in [0, 0.1) is 6.92 Å². The van der Waals surface area contributed by atoms with Gasteiger partial charge in [-0.3, -0.25) is 9.69 Å². The van der Waals surface area contributed by atoms with E-state index in [9.17, 15) is 9.59 Å². The molecule has 142 valence electrons. The molecule has 2 aliphatic heterocycles. The average molecular weight is 360 g/mol. The standard InChI is InChI=1S/C20H28N2O4/c1-13-12-14(25-5)6-7-15(13)18-16-8-9-17(23)21(16)10-11-22(18)19(24)26-20(2,3)4/h6-7,12,16,18H,8-11H2,1-5H3/t16-,18-/m0/s1. The number of aryl methyl sites for hydroxylation is 1. The third-order valence-electron chi connectivity index (χ3n) is 5.08. The molecule has 0 spiro atoms. The van der Waals surface area contributed by atoms with Gasteiger partial charge in [0, 0.05) is 19.5 Å². The third-order valence-corrected chi connectivity index (χ3v) is 5.08. The Morgan fingerprint density at radius 2 is 1.96 bits per heavy atom. The van der Waals surface area contributed by atoms with Crippen LogP contribution in [-0.2, 0) is 9.53 Å². The van der Waals surface area contributed by atoms with Gasteiger partial charge in [0.2, 0.25) is 5.91 Å². The largest absolute Gasteiger partial charge is 0.497 e. The molecule has 2 aliphatic rings. The number of carbonyl (C=O) groups is 2. The van der Waals surface area contributed by atoms with Crippen LogP contribution in [0.2, 0.25) is 0 Å². The first-order valence-electron chi connectivity index (χ1n) is 9.15. The Hall–Kier alpha value is -2.24. The highest BCUT2D eigenvalue weighted by Crippen LogP contribution is 2.40. The minimum Gasteiger partial charge on any atom is -0.497 e. The van der Waals surface area contributed by atoms with E-state index in [0.29, 0.717) is 19.5 Å². The van der Waals surface area contributed by atoms with Crippen molar-refractivity contribution in [3.63, 3.8) is 0 Å². The van der Waals surface area contributed by atoms with E-state index in [1.807, 2.05) is 50.8 Å². The Morgan fingerprint density at radius 1 is 1.23 bits per heavy atom. The van der Waals surface area contributed by atoms with E-state index in [2.05, 4.69) is 0 Å². The molecule has 6 nitrogen and oxygen atoms in total. The van der Waals surface area contributed by atoms with Crippen molar-refractivity contribution in [3.8, 4) is 5.75 Å². The summed E-state index contributed by atoms with van der Waals surface area (Å²) in [6, 6.07) is 5.68. The maximum absolute atomic E-state index is 12.9. The van der Waals surface area contributed by atoms with Crippen molar-refractivity contribution in [2.45, 2.75) is 58.2 Å². The number of hydrogen-bond acceptors (Lipinski definition) is 4. The normalized spacial score (nSPS) is 23.0. The summed E-state index contributed by atoms with van der Waals surface area (Å²) >= 11 is 0. The topological polar surface area (TPSA) is 59.1 Å². The van der Waals surface area contributed by atoms with Gasteiger partial charge in [-0.2, -0.15) is 0 Å². The SMILES string of the molecule is COc1ccc([C@H]2[C@@H]3CCC(=O)N3CCN2C(=O)OC(C)(C)C)c(C)c1. The lowest BCUT2D eigenvalue weighted by atomic mass is 9.91. The van der Waals surface area contributed by atoms with Gasteiger partial charge in [-0.15, -0.1) is 0 Å². The van der Waals surface area contributed by atoms with E-state index < -0.39 is 5.60 Å². The van der Waals surface area contributed by atoms with Gasteiger partial charge in [-0.25, -0.2) is 4.79 Å². The molecule has 1 aromatic carbocycles. The lowest BCUT2D eigenvalue weighted by Gasteiger charge is -2.45. The second-order valence-electron chi connectivity index (χ2n) is 8.03. The molecular formula is C20H28N2O4. The molecule has 0 aromatic heterocycles. The number of piperazine rings is 1. The summed E-state index contributed by atoms with van der Waals surface area (Å²) < 4.78 is 11.0. The highest BCUT2D eigenvalue weighted by atomic mass is 16.6. The van der Waals surface area contributed by atoms with Crippen LogP contribution >= 0.6 is 0 Å². The quantitative estimate of drug-likeness (QED) is 0.812.